The number of nitrogens with zero attached hydrogens (tertiary/aromatic N) is 1. The number of carbonyl (C=O) groups excluding carboxylic acids is 1. The average molecular weight is 359 g/mol. The maximum atomic E-state index is 12.8. The molecule has 1 saturated heterocycles. The Kier molecular flexibility index (Phi) is 7.22. The standard InChI is InChI=1S/C17H24F3N3O2/c18-17(19,20)14-5-3-13(4-6-14)15(23-8-10-25-11-9-23)12-22-16(24)2-1-7-21/h3-6,15H,1-2,7-12,21H2,(H,22,24). The molecule has 1 atom stereocenters. The van der Waals surface area contributed by atoms with E-state index in [0.717, 1.165) is 17.7 Å². The largest absolute Gasteiger partial charge is 0.416 e. The van der Waals surface area contributed by atoms with Crippen molar-refractivity contribution < 1.29 is 22.7 Å². The Morgan fingerprint density at radius 2 is 1.88 bits per heavy atom. The number of carbonyl (C=O) groups is 1. The number of hydrogen-bond acceptors (Lipinski definition) is 4. The maximum absolute atomic E-state index is 12.8. The zero-order chi connectivity index (χ0) is 18.3. The lowest BCUT2D eigenvalue weighted by Gasteiger charge is -2.35. The van der Waals surface area contributed by atoms with E-state index in [1.165, 1.54) is 12.1 Å². The van der Waals surface area contributed by atoms with Crippen LogP contribution in [0.4, 0.5) is 13.2 Å². The van der Waals surface area contributed by atoms with Crippen LogP contribution in [0.15, 0.2) is 24.3 Å². The van der Waals surface area contributed by atoms with Crippen molar-refractivity contribution in [3.63, 3.8) is 0 Å². The van der Waals surface area contributed by atoms with E-state index in [-0.39, 0.29) is 11.9 Å². The molecule has 1 aliphatic heterocycles. The number of nitrogens with one attached hydrogen (secondary N) is 1. The quantitative estimate of drug-likeness (QED) is 0.781. The van der Waals surface area contributed by atoms with Crippen molar-refractivity contribution in [3.8, 4) is 0 Å². The van der Waals surface area contributed by atoms with Crippen LogP contribution in [0.2, 0.25) is 0 Å². The molecule has 140 valence electrons. The smallest absolute Gasteiger partial charge is 0.379 e. The summed E-state index contributed by atoms with van der Waals surface area (Å²) >= 11 is 0. The zero-order valence-electron chi connectivity index (χ0n) is 14.0. The minimum atomic E-state index is -4.36. The fourth-order valence-corrected chi connectivity index (χ4v) is 2.80. The molecule has 0 spiro atoms. The fourth-order valence-electron chi connectivity index (χ4n) is 2.80. The molecule has 0 saturated carbocycles. The van der Waals surface area contributed by atoms with Crippen molar-refractivity contribution in [3.05, 3.63) is 35.4 Å². The maximum Gasteiger partial charge on any atom is 0.416 e. The lowest BCUT2D eigenvalue weighted by atomic mass is 10.0. The van der Waals surface area contributed by atoms with Gasteiger partial charge < -0.3 is 15.8 Å². The van der Waals surface area contributed by atoms with E-state index in [0.29, 0.717) is 52.2 Å². The summed E-state index contributed by atoms with van der Waals surface area (Å²) < 4.78 is 43.6. The molecule has 3 N–H and O–H groups in total. The van der Waals surface area contributed by atoms with E-state index < -0.39 is 11.7 Å². The summed E-state index contributed by atoms with van der Waals surface area (Å²) in [5.74, 6) is -0.101. The lowest BCUT2D eigenvalue weighted by molar-refractivity contribution is -0.137. The molecule has 1 heterocycles. The molecular formula is C17H24F3N3O2. The van der Waals surface area contributed by atoms with Gasteiger partial charge in [0.25, 0.3) is 0 Å². The first-order valence-corrected chi connectivity index (χ1v) is 8.37. The second-order valence-corrected chi connectivity index (χ2v) is 5.98. The van der Waals surface area contributed by atoms with Gasteiger partial charge in [-0.15, -0.1) is 0 Å². The molecule has 0 aliphatic carbocycles. The number of hydrogen-bond donors (Lipinski definition) is 2. The van der Waals surface area contributed by atoms with E-state index in [1.807, 2.05) is 0 Å². The van der Waals surface area contributed by atoms with Gasteiger partial charge in [-0.1, -0.05) is 12.1 Å². The minimum absolute atomic E-state index is 0.101. The summed E-state index contributed by atoms with van der Waals surface area (Å²) in [6.07, 6.45) is -3.41. The second-order valence-electron chi connectivity index (χ2n) is 5.98. The molecular weight excluding hydrogens is 335 g/mol. The van der Waals surface area contributed by atoms with Gasteiger partial charge >= 0.3 is 6.18 Å². The van der Waals surface area contributed by atoms with Gasteiger partial charge in [-0.05, 0) is 30.7 Å². The summed E-state index contributed by atoms with van der Waals surface area (Å²) in [5, 5.41) is 2.86. The SMILES string of the molecule is NCCCC(=O)NCC(c1ccc(C(F)(F)F)cc1)N1CCOCC1. The van der Waals surface area contributed by atoms with Crippen LogP contribution in [0.25, 0.3) is 0 Å². The molecule has 0 bridgehead atoms. The third-order valence-corrected chi connectivity index (χ3v) is 4.21. The number of ether oxygens (including phenoxy) is 1. The van der Waals surface area contributed by atoms with Gasteiger partial charge in [0.05, 0.1) is 24.8 Å². The van der Waals surface area contributed by atoms with Crippen LogP contribution in [0.5, 0.6) is 0 Å². The van der Waals surface area contributed by atoms with Gasteiger partial charge in [-0.25, -0.2) is 0 Å². The highest BCUT2D eigenvalue weighted by Gasteiger charge is 2.31. The highest BCUT2D eigenvalue weighted by molar-refractivity contribution is 5.75. The Morgan fingerprint density at radius 1 is 1.24 bits per heavy atom. The van der Waals surface area contributed by atoms with Crippen LogP contribution in [0.3, 0.4) is 0 Å². The first-order valence-electron chi connectivity index (χ1n) is 8.37. The van der Waals surface area contributed by atoms with Gasteiger partial charge in [0, 0.05) is 26.1 Å². The van der Waals surface area contributed by atoms with Crippen molar-refractivity contribution in [1.29, 1.82) is 0 Å². The number of halogens is 3. The van der Waals surface area contributed by atoms with Crippen molar-refractivity contribution >= 4 is 5.91 Å². The number of amides is 1. The summed E-state index contributed by atoms with van der Waals surface area (Å²) in [5.41, 5.74) is 5.46. The fraction of sp³-hybridized carbons (Fsp3) is 0.588. The van der Waals surface area contributed by atoms with E-state index in [4.69, 9.17) is 10.5 Å². The van der Waals surface area contributed by atoms with Gasteiger partial charge in [0.2, 0.25) is 5.91 Å². The van der Waals surface area contributed by atoms with Crippen LogP contribution < -0.4 is 11.1 Å². The van der Waals surface area contributed by atoms with Crippen LogP contribution >= 0.6 is 0 Å². The van der Waals surface area contributed by atoms with Gasteiger partial charge in [0.15, 0.2) is 0 Å². The summed E-state index contributed by atoms with van der Waals surface area (Å²) in [6, 6.07) is 4.94. The predicted octanol–water partition coefficient (Wildman–Crippen LogP) is 1.93. The molecule has 1 unspecified atom stereocenters. The minimum Gasteiger partial charge on any atom is -0.379 e. The molecule has 1 aromatic rings. The number of morpholine rings is 1. The third kappa shape index (κ3) is 5.98. The van der Waals surface area contributed by atoms with E-state index in [9.17, 15) is 18.0 Å². The Morgan fingerprint density at radius 3 is 2.44 bits per heavy atom. The first kappa shape index (κ1) is 19.7. The van der Waals surface area contributed by atoms with Crippen molar-refractivity contribution in [2.24, 2.45) is 5.73 Å². The topological polar surface area (TPSA) is 67.6 Å². The van der Waals surface area contributed by atoms with Crippen LogP contribution in [-0.4, -0.2) is 50.2 Å². The number of alkyl halides is 3. The molecule has 25 heavy (non-hydrogen) atoms. The molecule has 1 aliphatic rings. The molecule has 0 radical (unpaired) electrons. The van der Waals surface area contributed by atoms with Crippen LogP contribution in [-0.2, 0) is 15.7 Å². The molecule has 5 nitrogen and oxygen atoms in total. The van der Waals surface area contributed by atoms with Gasteiger partial charge in [-0.2, -0.15) is 13.2 Å². The second kappa shape index (κ2) is 9.17. The Hall–Kier alpha value is -1.64. The van der Waals surface area contributed by atoms with Crippen LogP contribution in [0, 0.1) is 0 Å². The highest BCUT2D eigenvalue weighted by atomic mass is 19.4. The third-order valence-electron chi connectivity index (χ3n) is 4.21. The Labute approximate surface area is 145 Å². The number of benzene rings is 1. The predicted molar refractivity (Wildman–Crippen MR) is 87.9 cm³/mol. The number of nitrogens with two attached hydrogens (primary N) is 1. The van der Waals surface area contributed by atoms with Crippen molar-refractivity contribution in [2.45, 2.75) is 25.1 Å². The summed E-state index contributed by atoms with van der Waals surface area (Å²) in [7, 11) is 0. The molecule has 8 heteroatoms. The molecule has 0 aromatic heterocycles. The molecule has 1 fully saturated rings. The van der Waals surface area contributed by atoms with E-state index in [1.54, 1.807) is 0 Å². The zero-order valence-corrected chi connectivity index (χ0v) is 14.0. The highest BCUT2D eigenvalue weighted by Crippen LogP contribution is 2.31. The average Bonchev–Trinajstić information content (AvgIpc) is 2.60. The Balaban J connectivity index is 2.09. The van der Waals surface area contributed by atoms with E-state index in [2.05, 4.69) is 10.2 Å². The summed E-state index contributed by atoms with van der Waals surface area (Å²) in [6.45, 7) is 3.26. The molecule has 1 aromatic carbocycles. The van der Waals surface area contributed by atoms with Crippen molar-refractivity contribution in [2.75, 3.05) is 39.4 Å². The Bertz CT molecular complexity index is 543. The van der Waals surface area contributed by atoms with Gasteiger partial charge in [-0.3, -0.25) is 9.69 Å². The number of rotatable bonds is 7. The normalized spacial score (nSPS) is 17.3. The molecule has 2 rings (SSSR count). The van der Waals surface area contributed by atoms with Gasteiger partial charge in [0.1, 0.15) is 0 Å². The molecule has 1 amide bonds. The van der Waals surface area contributed by atoms with Crippen LogP contribution in [0.1, 0.15) is 30.0 Å². The monoisotopic (exact) mass is 359 g/mol. The lowest BCUT2D eigenvalue weighted by Crippen LogP contribution is -2.43. The summed E-state index contributed by atoms with van der Waals surface area (Å²) in [4.78, 5) is 14.0. The van der Waals surface area contributed by atoms with E-state index >= 15 is 0 Å². The first-order chi connectivity index (χ1) is 11.9. The van der Waals surface area contributed by atoms with Crippen molar-refractivity contribution in [1.82, 2.24) is 10.2 Å².